The van der Waals surface area contributed by atoms with Gasteiger partial charge in [-0.3, -0.25) is 4.68 Å². The summed E-state index contributed by atoms with van der Waals surface area (Å²) in [6.07, 6.45) is 5.08. The molecule has 0 radical (unpaired) electrons. The van der Waals surface area contributed by atoms with Crippen LogP contribution in [0.3, 0.4) is 0 Å². The molecule has 0 amide bonds. The topological polar surface area (TPSA) is 30.3 Å². The fourth-order valence-corrected chi connectivity index (χ4v) is 3.37. The monoisotopic (exact) mass is 299 g/mol. The molecule has 118 valence electrons. The third-order valence-corrected chi connectivity index (χ3v) is 4.42. The molecule has 3 rings (SSSR count). The molecule has 2 heterocycles. The molecule has 1 aliphatic rings. The summed E-state index contributed by atoms with van der Waals surface area (Å²) in [4.78, 5) is 2.50. The van der Waals surface area contributed by atoms with Crippen molar-refractivity contribution < 1.29 is 4.74 Å². The summed E-state index contributed by atoms with van der Waals surface area (Å²) in [7, 11) is 3.75. The molecule has 0 saturated carbocycles. The van der Waals surface area contributed by atoms with E-state index in [0.717, 1.165) is 19.6 Å². The molecule has 1 aliphatic heterocycles. The summed E-state index contributed by atoms with van der Waals surface area (Å²) in [6.45, 7) is 6.41. The summed E-state index contributed by atoms with van der Waals surface area (Å²) in [5.41, 5.74) is 5.21. The highest BCUT2D eigenvalue weighted by atomic mass is 16.5. The Hall–Kier alpha value is -1.81. The Morgan fingerprint density at radius 1 is 1.32 bits per heavy atom. The van der Waals surface area contributed by atoms with E-state index in [1.807, 2.05) is 17.9 Å². The molecule has 1 atom stereocenters. The minimum absolute atomic E-state index is 0.502. The Morgan fingerprint density at radius 2 is 2.14 bits per heavy atom. The Kier molecular flexibility index (Phi) is 4.21. The Bertz CT molecular complexity index is 648. The molecule has 0 bridgehead atoms. The van der Waals surface area contributed by atoms with Crippen molar-refractivity contribution in [2.24, 2.45) is 13.0 Å². The van der Waals surface area contributed by atoms with Gasteiger partial charge in [0.25, 0.3) is 0 Å². The molecule has 2 aromatic rings. The zero-order chi connectivity index (χ0) is 15.7. The van der Waals surface area contributed by atoms with E-state index in [1.165, 1.54) is 22.4 Å². The lowest BCUT2D eigenvalue weighted by Gasteiger charge is -2.39. The molecule has 4 heteroatoms. The number of methoxy groups -OCH3 is 1. The predicted octanol–water partition coefficient (Wildman–Crippen LogP) is 3.12. The summed E-state index contributed by atoms with van der Waals surface area (Å²) in [5.74, 6) is 0.559. The van der Waals surface area contributed by atoms with Crippen molar-refractivity contribution in [1.82, 2.24) is 9.78 Å². The number of aromatic nitrogens is 2. The Morgan fingerprint density at radius 3 is 2.77 bits per heavy atom. The molecular weight excluding hydrogens is 274 g/mol. The second-order valence-electron chi connectivity index (χ2n) is 6.52. The van der Waals surface area contributed by atoms with Gasteiger partial charge in [-0.1, -0.05) is 6.07 Å². The van der Waals surface area contributed by atoms with Crippen LogP contribution in [0.4, 0.5) is 5.69 Å². The van der Waals surface area contributed by atoms with Gasteiger partial charge in [0.05, 0.1) is 12.8 Å². The fourth-order valence-electron chi connectivity index (χ4n) is 3.37. The van der Waals surface area contributed by atoms with E-state index in [2.05, 4.69) is 48.2 Å². The molecule has 0 fully saturated rings. The Balaban J connectivity index is 1.97. The van der Waals surface area contributed by atoms with Crippen molar-refractivity contribution in [3.63, 3.8) is 0 Å². The highest BCUT2D eigenvalue weighted by molar-refractivity contribution is 5.69. The molecule has 0 spiro atoms. The van der Waals surface area contributed by atoms with Crippen LogP contribution in [0.25, 0.3) is 11.1 Å². The number of rotatable bonds is 4. The molecule has 0 N–H and O–H groups in total. The molecule has 0 aliphatic carbocycles. The van der Waals surface area contributed by atoms with E-state index >= 15 is 0 Å². The van der Waals surface area contributed by atoms with E-state index in [9.17, 15) is 0 Å². The van der Waals surface area contributed by atoms with Crippen LogP contribution in [0.5, 0.6) is 0 Å². The van der Waals surface area contributed by atoms with Crippen LogP contribution < -0.4 is 4.90 Å². The maximum Gasteiger partial charge on any atom is 0.0568 e. The van der Waals surface area contributed by atoms with E-state index in [4.69, 9.17) is 4.74 Å². The van der Waals surface area contributed by atoms with Crippen LogP contribution in [0.15, 0.2) is 30.6 Å². The summed E-state index contributed by atoms with van der Waals surface area (Å²) >= 11 is 0. The van der Waals surface area contributed by atoms with Crippen LogP contribution in [-0.2, 0) is 18.2 Å². The van der Waals surface area contributed by atoms with Gasteiger partial charge in [-0.15, -0.1) is 0 Å². The van der Waals surface area contributed by atoms with Crippen molar-refractivity contribution in [2.45, 2.75) is 26.3 Å². The summed E-state index contributed by atoms with van der Waals surface area (Å²) in [6, 6.07) is 7.30. The third kappa shape index (κ3) is 2.88. The van der Waals surface area contributed by atoms with Crippen LogP contribution in [-0.4, -0.2) is 36.1 Å². The number of aryl methyl sites for hydroxylation is 1. The zero-order valence-electron chi connectivity index (χ0n) is 13.9. The quantitative estimate of drug-likeness (QED) is 0.869. The maximum absolute atomic E-state index is 5.40. The van der Waals surface area contributed by atoms with E-state index < -0.39 is 0 Å². The first-order valence-corrected chi connectivity index (χ1v) is 7.96. The molecule has 1 aromatic carbocycles. The predicted molar refractivity (Wildman–Crippen MR) is 90.2 cm³/mol. The van der Waals surface area contributed by atoms with Gasteiger partial charge in [0.2, 0.25) is 0 Å². The highest BCUT2D eigenvalue weighted by Crippen LogP contribution is 2.34. The first-order chi connectivity index (χ1) is 10.6. The number of anilines is 1. The zero-order valence-corrected chi connectivity index (χ0v) is 13.9. The summed E-state index contributed by atoms with van der Waals surface area (Å²) in [5, 5.41) is 4.28. The van der Waals surface area contributed by atoms with Gasteiger partial charge in [0, 0.05) is 50.1 Å². The molecule has 1 unspecified atom stereocenters. The minimum atomic E-state index is 0.502. The van der Waals surface area contributed by atoms with Crippen molar-refractivity contribution in [3.05, 3.63) is 36.2 Å². The second kappa shape index (κ2) is 6.13. The van der Waals surface area contributed by atoms with Crippen molar-refractivity contribution in [1.29, 1.82) is 0 Å². The number of hydrogen-bond acceptors (Lipinski definition) is 3. The van der Waals surface area contributed by atoms with Crippen LogP contribution in [0.1, 0.15) is 19.4 Å². The molecule has 22 heavy (non-hydrogen) atoms. The van der Waals surface area contributed by atoms with Crippen LogP contribution in [0, 0.1) is 5.92 Å². The number of nitrogens with zero attached hydrogens (tertiary/aromatic N) is 3. The SMILES string of the molecule is COCC1Cc2cc(-c3cnn(C)c3)ccc2N(C(C)C)C1. The first-order valence-electron chi connectivity index (χ1n) is 7.96. The van der Waals surface area contributed by atoms with Crippen molar-refractivity contribution in [3.8, 4) is 11.1 Å². The lowest BCUT2D eigenvalue weighted by molar-refractivity contribution is 0.151. The van der Waals surface area contributed by atoms with Gasteiger partial charge in [-0.25, -0.2) is 0 Å². The highest BCUT2D eigenvalue weighted by Gasteiger charge is 2.26. The van der Waals surface area contributed by atoms with Crippen LogP contribution in [0.2, 0.25) is 0 Å². The molecule has 0 saturated heterocycles. The molecular formula is C18H25N3O. The number of benzene rings is 1. The van der Waals surface area contributed by atoms with Gasteiger partial charge in [-0.2, -0.15) is 5.10 Å². The van der Waals surface area contributed by atoms with Crippen molar-refractivity contribution >= 4 is 5.69 Å². The molecule has 1 aromatic heterocycles. The number of hydrogen-bond donors (Lipinski definition) is 0. The maximum atomic E-state index is 5.40. The van der Waals surface area contributed by atoms with Gasteiger partial charge < -0.3 is 9.64 Å². The Labute approximate surface area is 132 Å². The van der Waals surface area contributed by atoms with E-state index in [1.54, 1.807) is 7.11 Å². The van der Waals surface area contributed by atoms with E-state index in [-0.39, 0.29) is 0 Å². The minimum Gasteiger partial charge on any atom is -0.384 e. The lowest BCUT2D eigenvalue weighted by Crippen LogP contribution is -2.41. The average Bonchev–Trinajstić information content (AvgIpc) is 2.92. The van der Waals surface area contributed by atoms with Gasteiger partial charge in [-0.05, 0) is 43.5 Å². The van der Waals surface area contributed by atoms with E-state index in [0.29, 0.717) is 12.0 Å². The average molecular weight is 299 g/mol. The smallest absolute Gasteiger partial charge is 0.0568 e. The fraction of sp³-hybridized carbons (Fsp3) is 0.500. The second-order valence-corrected chi connectivity index (χ2v) is 6.52. The van der Waals surface area contributed by atoms with Gasteiger partial charge >= 0.3 is 0 Å². The van der Waals surface area contributed by atoms with Gasteiger partial charge in [0.15, 0.2) is 0 Å². The first kappa shape index (κ1) is 15.1. The number of fused-ring (bicyclic) bond motifs is 1. The lowest BCUT2D eigenvalue weighted by atomic mass is 9.90. The summed E-state index contributed by atoms with van der Waals surface area (Å²) < 4.78 is 7.25. The number of ether oxygens (including phenoxy) is 1. The standard InChI is InChI=1S/C18H25N3O/c1-13(2)21-10-14(12-22-4)7-16-8-15(5-6-18(16)21)17-9-19-20(3)11-17/h5-6,8-9,11,13-14H,7,10,12H2,1-4H3. The largest absolute Gasteiger partial charge is 0.384 e. The molecule has 4 nitrogen and oxygen atoms in total. The van der Waals surface area contributed by atoms with Crippen LogP contribution >= 0.6 is 0 Å². The van der Waals surface area contributed by atoms with Gasteiger partial charge in [0.1, 0.15) is 0 Å². The normalized spacial score (nSPS) is 17.9. The van der Waals surface area contributed by atoms with Crippen molar-refractivity contribution in [2.75, 3.05) is 25.2 Å². The third-order valence-electron chi connectivity index (χ3n) is 4.42.